The molecule has 0 radical (unpaired) electrons. The van der Waals surface area contributed by atoms with Crippen molar-refractivity contribution in [3.63, 3.8) is 0 Å². The predicted molar refractivity (Wildman–Crippen MR) is 84.1 cm³/mol. The molecule has 1 aliphatic carbocycles. The van der Waals surface area contributed by atoms with Crippen molar-refractivity contribution < 1.29 is 9.53 Å². The van der Waals surface area contributed by atoms with Crippen LogP contribution in [0.5, 0.6) is 5.75 Å². The molecule has 7 nitrogen and oxygen atoms in total. The van der Waals surface area contributed by atoms with Crippen molar-refractivity contribution in [1.82, 2.24) is 25.5 Å². The van der Waals surface area contributed by atoms with E-state index in [1.165, 1.54) is 5.56 Å². The van der Waals surface area contributed by atoms with E-state index in [0.29, 0.717) is 18.3 Å². The number of nitrogens with one attached hydrogen (secondary N) is 1. The number of hydrogen-bond acceptors (Lipinski definition) is 5. The van der Waals surface area contributed by atoms with Gasteiger partial charge in [-0.1, -0.05) is 24.3 Å². The molecule has 3 rings (SSSR count). The fraction of sp³-hybridized carbons (Fsp3) is 0.500. The molecule has 1 saturated carbocycles. The molecule has 1 N–H and O–H groups in total. The van der Waals surface area contributed by atoms with Crippen LogP contribution in [0.4, 0.5) is 0 Å². The van der Waals surface area contributed by atoms with Crippen molar-refractivity contribution in [3.8, 4) is 5.75 Å². The maximum Gasteiger partial charge on any atom is 0.226 e. The van der Waals surface area contributed by atoms with E-state index >= 15 is 0 Å². The van der Waals surface area contributed by atoms with Gasteiger partial charge >= 0.3 is 0 Å². The Labute approximate surface area is 135 Å². The monoisotopic (exact) mass is 315 g/mol. The lowest BCUT2D eigenvalue weighted by molar-refractivity contribution is -0.131. The maximum atomic E-state index is 12.6. The zero-order chi connectivity index (χ0) is 16.4. The molecular formula is C16H21N5O2. The number of carbonyl (C=O) groups excluding carboxylic acids is 1. The third kappa shape index (κ3) is 3.33. The van der Waals surface area contributed by atoms with Gasteiger partial charge in [0, 0.05) is 25.4 Å². The van der Waals surface area contributed by atoms with Gasteiger partial charge in [0.25, 0.3) is 0 Å². The van der Waals surface area contributed by atoms with Crippen LogP contribution < -0.4 is 4.74 Å². The summed E-state index contributed by atoms with van der Waals surface area (Å²) in [4.78, 5) is 14.3. The Bertz CT molecular complexity index is 673. The van der Waals surface area contributed by atoms with E-state index in [-0.39, 0.29) is 17.7 Å². The van der Waals surface area contributed by atoms with Crippen molar-refractivity contribution in [2.75, 3.05) is 20.7 Å². The van der Waals surface area contributed by atoms with Crippen LogP contribution in [0.2, 0.25) is 0 Å². The molecule has 7 heteroatoms. The average Bonchev–Trinajstić information content (AvgIpc) is 3.18. The molecule has 0 aliphatic heterocycles. The van der Waals surface area contributed by atoms with Gasteiger partial charge in [0.2, 0.25) is 5.91 Å². The molecular weight excluding hydrogens is 294 g/mol. The van der Waals surface area contributed by atoms with Gasteiger partial charge in [-0.2, -0.15) is 5.21 Å². The topological polar surface area (TPSA) is 84.0 Å². The molecule has 1 aromatic heterocycles. The average molecular weight is 315 g/mol. The maximum absolute atomic E-state index is 12.6. The fourth-order valence-corrected chi connectivity index (χ4v) is 2.95. The Balaban J connectivity index is 1.59. The minimum Gasteiger partial charge on any atom is -0.497 e. The van der Waals surface area contributed by atoms with Crippen molar-refractivity contribution in [3.05, 3.63) is 35.7 Å². The van der Waals surface area contributed by atoms with Gasteiger partial charge < -0.3 is 9.64 Å². The highest BCUT2D eigenvalue weighted by atomic mass is 16.5. The van der Waals surface area contributed by atoms with Crippen LogP contribution in [0.3, 0.4) is 0 Å². The number of ether oxygens (including phenoxy) is 1. The molecule has 1 amide bonds. The Morgan fingerprint density at radius 3 is 3.04 bits per heavy atom. The summed E-state index contributed by atoms with van der Waals surface area (Å²) >= 11 is 0. The van der Waals surface area contributed by atoms with Gasteiger partial charge in [0.15, 0.2) is 5.82 Å². The summed E-state index contributed by atoms with van der Waals surface area (Å²) in [6.45, 7) is 2.57. The van der Waals surface area contributed by atoms with Gasteiger partial charge in [-0.3, -0.25) is 4.79 Å². The summed E-state index contributed by atoms with van der Waals surface area (Å²) < 4.78 is 5.25. The fourth-order valence-electron chi connectivity index (χ4n) is 2.95. The minimum atomic E-state index is 0.0525. The minimum absolute atomic E-state index is 0.0525. The van der Waals surface area contributed by atoms with E-state index in [1.807, 2.05) is 32.2 Å². The molecule has 0 bridgehead atoms. The highest BCUT2D eigenvalue weighted by Crippen LogP contribution is 2.49. The second kappa shape index (κ2) is 6.36. The van der Waals surface area contributed by atoms with Crippen molar-refractivity contribution in [1.29, 1.82) is 0 Å². The number of H-pyrrole nitrogens is 1. The highest BCUT2D eigenvalue weighted by Gasteiger charge is 2.45. The second-order valence-corrected chi connectivity index (χ2v) is 6.12. The number of methoxy groups -OCH3 is 1. The zero-order valence-corrected chi connectivity index (χ0v) is 13.6. The molecule has 122 valence electrons. The SMILES string of the molecule is COc1cccc(C2CC2C(=O)N(C)CC(C)c2nn[nH]n2)c1. The van der Waals surface area contributed by atoms with E-state index < -0.39 is 0 Å². The van der Waals surface area contributed by atoms with Crippen LogP contribution in [0.15, 0.2) is 24.3 Å². The third-order valence-corrected chi connectivity index (χ3v) is 4.36. The number of likely N-dealkylation sites (N-methyl/N-ethyl adjacent to an activating group) is 1. The van der Waals surface area contributed by atoms with Crippen molar-refractivity contribution >= 4 is 5.91 Å². The first kappa shape index (κ1) is 15.5. The number of nitrogens with zero attached hydrogens (tertiary/aromatic N) is 4. The van der Waals surface area contributed by atoms with E-state index in [4.69, 9.17) is 4.74 Å². The number of carbonyl (C=O) groups is 1. The van der Waals surface area contributed by atoms with Crippen LogP contribution in [-0.4, -0.2) is 52.1 Å². The molecule has 0 spiro atoms. The first-order valence-electron chi connectivity index (χ1n) is 7.72. The Hall–Kier alpha value is -2.44. The van der Waals surface area contributed by atoms with Gasteiger partial charge in [0.1, 0.15) is 5.75 Å². The largest absolute Gasteiger partial charge is 0.497 e. The van der Waals surface area contributed by atoms with E-state index in [9.17, 15) is 4.79 Å². The lowest BCUT2D eigenvalue weighted by Gasteiger charge is -2.20. The van der Waals surface area contributed by atoms with Crippen LogP contribution in [0.25, 0.3) is 0 Å². The quantitative estimate of drug-likeness (QED) is 0.875. The van der Waals surface area contributed by atoms with Crippen LogP contribution >= 0.6 is 0 Å². The molecule has 3 unspecified atom stereocenters. The zero-order valence-electron chi connectivity index (χ0n) is 13.6. The predicted octanol–water partition coefficient (Wildman–Crippen LogP) is 1.57. The highest BCUT2D eigenvalue weighted by molar-refractivity contribution is 5.82. The normalized spacial score (nSPS) is 20.8. The molecule has 0 saturated heterocycles. The van der Waals surface area contributed by atoms with Crippen LogP contribution in [0.1, 0.15) is 36.6 Å². The van der Waals surface area contributed by atoms with E-state index in [0.717, 1.165) is 12.2 Å². The molecule has 1 aromatic carbocycles. The number of benzene rings is 1. The molecule has 1 fully saturated rings. The van der Waals surface area contributed by atoms with E-state index in [2.05, 4.69) is 26.7 Å². The standard InChI is InChI=1S/C16H21N5O2/c1-10(15-17-19-20-18-15)9-21(2)16(22)14-8-13(14)11-5-4-6-12(7-11)23-3/h4-7,10,13-14H,8-9H2,1-3H3,(H,17,18,19,20). The third-order valence-electron chi connectivity index (χ3n) is 4.36. The summed E-state index contributed by atoms with van der Waals surface area (Å²) in [5.74, 6) is 2.04. The van der Waals surface area contributed by atoms with Gasteiger partial charge in [-0.05, 0) is 30.0 Å². The number of aromatic nitrogens is 4. The number of aromatic amines is 1. The summed E-state index contributed by atoms with van der Waals surface area (Å²) in [5.41, 5.74) is 1.17. The molecule has 3 atom stereocenters. The van der Waals surface area contributed by atoms with Crippen LogP contribution in [0, 0.1) is 5.92 Å². The first-order chi connectivity index (χ1) is 11.1. The van der Waals surface area contributed by atoms with Gasteiger partial charge in [-0.25, -0.2) is 0 Å². The smallest absolute Gasteiger partial charge is 0.226 e. The summed E-state index contributed by atoms with van der Waals surface area (Å²) in [6.07, 6.45) is 0.896. The second-order valence-electron chi connectivity index (χ2n) is 6.12. The summed E-state index contributed by atoms with van der Waals surface area (Å²) in [5, 5.41) is 13.9. The first-order valence-corrected chi connectivity index (χ1v) is 7.72. The van der Waals surface area contributed by atoms with Gasteiger partial charge in [-0.15, -0.1) is 10.2 Å². The molecule has 23 heavy (non-hydrogen) atoms. The summed E-state index contributed by atoms with van der Waals surface area (Å²) in [7, 11) is 3.49. The van der Waals surface area contributed by atoms with Gasteiger partial charge in [0.05, 0.1) is 7.11 Å². The van der Waals surface area contributed by atoms with Crippen molar-refractivity contribution in [2.24, 2.45) is 5.92 Å². The van der Waals surface area contributed by atoms with Crippen LogP contribution in [-0.2, 0) is 4.79 Å². The molecule has 2 aromatic rings. The number of tetrazole rings is 1. The lowest BCUT2D eigenvalue weighted by atomic mass is 10.1. The molecule has 1 aliphatic rings. The summed E-state index contributed by atoms with van der Waals surface area (Å²) in [6, 6.07) is 7.96. The number of rotatable bonds is 6. The number of amides is 1. The Kier molecular flexibility index (Phi) is 4.27. The molecule has 1 heterocycles. The number of hydrogen-bond donors (Lipinski definition) is 1. The lowest BCUT2D eigenvalue weighted by Crippen LogP contribution is -2.32. The Morgan fingerprint density at radius 1 is 1.52 bits per heavy atom. The van der Waals surface area contributed by atoms with Crippen molar-refractivity contribution in [2.45, 2.75) is 25.2 Å². The Morgan fingerprint density at radius 2 is 2.35 bits per heavy atom. The van der Waals surface area contributed by atoms with E-state index in [1.54, 1.807) is 12.0 Å².